The highest BCUT2D eigenvalue weighted by atomic mass is 19.1. The third-order valence-corrected chi connectivity index (χ3v) is 5.70. The van der Waals surface area contributed by atoms with Crippen LogP contribution in [-0.2, 0) is 19.4 Å². The number of halogens is 1. The molecule has 3 aromatic rings. The first-order chi connectivity index (χ1) is 14.4. The van der Waals surface area contributed by atoms with E-state index >= 15 is 0 Å². The van der Waals surface area contributed by atoms with Crippen LogP contribution in [0, 0.1) is 19.7 Å². The standard InChI is InChI=1S/C23H25FN4O2/c1-14-12-25-18(15(2)22(14)30-4)13-27(3)23(29)21-16-8-7-11-19(16)28(26-21)20-10-6-5-9-17(20)24/h5-6,9-10,12H,7-8,11,13H2,1-4H3. The first kappa shape index (κ1) is 20.1. The van der Waals surface area contributed by atoms with Crippen LogP contribution in [0.2, 0.25) is 0 Å². The van der Waals surface area contributed by atoms with Gasteiger partial charge < -0.3 is 9.64 Å². The second-order valence-corrected chi connectivity index (χ2v) is 7.70. The summed E-state index contributed by atoms with van der Waals surface area (Å²) in [7, 11) is 3.37. The summed E-state index contributed by atoms with van der Waals surface area (Å²) >= 11 is 0. The second kappa shape index (κ2) is 7.89. The summed E-state index contributed by atoms with van der Waals surface area (Å²) < 4.78 is 21.4. The number of hydrogen-bond acceptors (Lipinski definition) is 4. The maximum atomic E-state index is 14.4. The van der Waals surface area contributed by atoms with Crippen molar-refractivity contribution in [1.82, 2.24) is 19.7 Å². The zero-order valence-electron chi connectivity index (χ0n) is 17.7. The van der Waals surface area contributed by atoms with Gasteiger partial charge in [-0.25, -0.2) is 9.07 Å². The maximum Gasteiger partial charge on any atom is 0.274 e. The van der Waals surface area contributed by atoms with Gasteiger partial charge in [0.1, 0.15) is 17.3 Å². The summed E-state index contributed by atoms with van der Waals surface area (Å²) in [5, 5.41) is 4.54. The molecule has 0 bridgehead atoms. The van der Waals surface area contributed by atoms with Crippen molar-refractivity contribution in [3.8, 4) is 11.4 Å². The van der Waals surface area contributed by atoms with Gasteiger partial charge in [0.2, 0.25) is 0 Å². The zero-order valence-corrected chi connectivity index (χ0v) is 17.7. The topological polar surface area (TPSA) is 60.2 Å². The van der Waals surface area contributed by atoms with E-state index in [4.69, 9.17) is 4.74 Å². The number of carbonyl (C=O) groups is 1. The number of aromatic nitrogens is 3. The number of hydrogen-bond donors (Lipinski definition) is 0. The van der Waals surface area contributed by atoms with Crippen LogP contribution in [0.1, 0.15) is 45.0 Å². The largest absolute Gasteiger partial charge is 0.496 e. The number of methoxy groups -OCH3 is 1. The van der Waals surface area contributed by atoms with Gasteiger partial charge in [-0.05, 0) is 45.2 Å². The van der Waals surface area contributed by atoms with Crippen molar-refractivity contribution in [2.75, 3.05) is 14.2 Å². The average Bonchev–Trinajstić information content (AvgIpc) is 3.33. The van der Waals surface area contributed by atoms with E-state index in [1.807, 2.05) is 13.8 Å². The van der Waals surface area contributed by atoms with Gasteiger partial charge in [0, 0.05) is 35.6 Å². The predicted molar refractivity (Wildman–Crippen MR) is 112 cm³/mol. The van der Waals surface area contributed by atoms with Gasteiger partial charge in [-0.1, -0.05) is 12.1 Å². The van der Waals surface area contributed by atoms with Crippen LogP contribution in [0.4, 0.5) is 4.39 Å². The number of benzene rings is 1. The van der Waals surface area contributed by atoms with E-state index in [0.717, 1.165) is 53.1 Å². The fourth-order valence-electron chi connectivity index (χ4n) is 4.14. The molecule has 0 radical (unpaired) electrons. The molecule has 1 aliphatic rings. The van der Waals surface area contributed by atoms with Crippen LogP contribution in [-0.4, -0.2) is 39.7 Å². The smallest absolute Gasteiger partial charge is 0.274 e. The summed E-state index contributed by atoms with van der Waals surface area (Å²) in [5.74, 6) is 0.239. The number of ether oxygens (including phenoxy) is 1. The minimum Gasteiger partial charge on any atom is -0.496 e. The molecule has 0 saturated carbocycles. The fourth-order valence-corrected chi connectivity index (χ4v) is 4.14. The Bertz CT molecular complexity index is 1120. The highest BCUT2D eigenvalue weighted by Gasteiger charge is 2.29. The SMILES string of the molecule is COc1c(C)cnc(CN(C)C(=O)c2nn(-c3ccccc3F)c3c2CCC3)c1C. The number of aryl methyl sites for hydroxylation is 1. The number of rotatable bonds is 5. The maximum absolute atomic E-state index is 14.4. The van der Waals surface area contributed by atoms with Gasteiger partial charge in [0.25, 0.3) is 5.91 Å². The number of carbonyl (C=O) groups excluding carboxylic acids is 1. The molecule has 0 unspecified atom stereocenters. The number of amides is 1. The van der Waals surface area contributed by atoms with Crippen molar-refractivity contribution in [2.24, 2.45) is 0 Å². The summed E-state index contributed by atoms with van der Waals surface area (Å²) in [6.45, 7) is 4.22. The number of para-hydroxylation sites is 1. The molecule has 7 heteroatoms. The van der Waals surface area contributed by atoms with Gasteiger partial charge in [-0.3, -0.25) is 9.78 Å². The molecule has 2 heterocycles. The van der Waals surface area contributed by atoms with Crippen molar-refractivity contribution in [1.29, 1.82) is 0 Å². The highest BCUT2D eigenvalue weighted by Crippen LogP contribution is 2.30. The Morgan fingerprint density at radius 2 is 2.03 bits per heavy atom. The van der Waals surface area contributed by atoms with Crippen molar-refractivity contribution >= 4 is 5.91 Å². The van der Waals surface area contributed by atoms with Crippen LogP contribution in [0.15, 0.2) is 30.5 Å². The molecular formula is C23H25FN4O2. The molecule has 156 valence electrons. The van der Waals surface area contributed by atoms with Crippen LogP contribution in [0.25, 0.3) is 5.69 Å². The molecule has 0 atom stereocenters. The Morgan fingerprint density at radius 3 is 2.77 bits per heavy atom. The van der Waals surface area contributed by atoms with Crippen LogP contribution < -0.4 is 4.74 Å². The van der Waals surface area contributed by atoms with E-state index in [1.165, 1.54) is 6.07 Å². The lowest BCUT2D eigenvalue weighted by atomic mass is 10.1. The molecule has 1 aromatic carbocycles. The van der Waals surface area contributed by atoms with Gasteiger partial charge in [0.15, 0.2) is 5.69 Å². The third-order valence-electron chi connectivity index (χ3n) is 5.70. The summed E-state index contributed by atoms with van der Waals surface area (Å²) in [4.78, 5) is 19.4. The summed E-state index contributed by atoms with van der Waals surface area (Å²) in [6, 6.07) is 6.51. The highest BCUT2D eigenvalue weighted by molar-refractivity contribution is 5.94. The Morgan fingerprint density at radius 1 is 1.27 bits per heavy atom. The Labute approximate surface area is 175 Å². The van der Waals surface area contributed by atoms with Crippen molar-refractivity contribution < 1.29 is 13.9 Å². The third kappa shape index (κ3) is 3.34. The molecule has 30 heavy (non-hydrogen) atoms. The molecule has 0 N–H and O–H groups in total. The second-order valence-electron chi connectivity index (χ2n) is 7.70. The molecular weight excluding hydrogens is 383 g/mol. The van der Waals surface area contributed by atoms with Gasteiger partial charge in [-0.2, -0.15) is 5.10 Å². The average molecular weight is 408 g/mol. The monoisotopic (exact) mass is 408 g/mol. The molecule has 1 amide bonds. The van der Waals surface area contributed by atoms with Crippen LogP contribution >= 0.6 is 0 Å². The lowest BCUT2D eigenvalue weighted by molar-refractivity contribution is 0.0775. The van der Waals surface area contributed by atoms with Gasteiger partial charge in [-0.15, -0.1) is 0 Å². The number of fused-ring (bicyclic) bond motifs is 1. The Balaban J connectivity index is 1.66. The normalized spacial score (nSPS) is 12.7. The van der Waals surface area contributed by atoms with E-state index in [0.29, 0.717) is 17.9 Å². The van der Waals surface area contributed by atoms with Crippen LogP contribution in [0.5, 0.6) is 5.75 Å². The van der Waals surface area contributed by atoms with Crippen molar-refractivity contribution in [2.45, 2.75) is 39.7 Å². The summed E-state index contributed by atoms with van der Waals surface area (Å²) in [5.41, 5.74) is 5.25. The number of pyridine rings is 1. The molecule has 0 spiro atoms. The minimum atomic E-state index is -0.353. The van der Waals surface area contributed by atoms with E-state index in [9.17, 15) is 9.18 Å². The molecule has 0 saturated heterocycles. The lowest BCUT2D eigenvalue weighted by Crippen LogP contribution is -2.28. The Kier molecular flexibility index (Phi) is 5.28. The molecule has 6 nitrogen and oxygen atoms in total. The first-order valence-corrected chi connectivity index (χ1v) is 10.0. The van der Waals surface area contributed by atoms with E-state index in [-0.39, 0.29) is 11.7 Å². The molecule has 4 rings (SSSR count). The predicted octanol–water partition coefficient (Wildman–Crippen LogP) is 3.79. The van der Waals surface area contributed by atoms with E-state index in [2.05, 4.69) is 10.1 Å². The lowest BCUT2D eigenvalue weighted by Gasteiger charge is -2.19. The van der Waals surface area contributed by atoms with E-state index in [1.54, 1.807) is 48.1 Å². The quantitative estimate of drug-likeness (QED) is 0.644. The van der Waals surface area contributed by atoms with E-state index < -0.39 is 0 Å². The zero-order chi connectivity index (χ0) is 21.4. The molecule has 2 aromatic heterocycles. The molecule has 0 fully saturated rings. The molecule has 0 aliphatic heterocycles. The van der Waals surface area contributed by atoms with Crippen LogP contribution in [0.3, 0.4) is 0 Å². The van der Waals surface area contributed by atoms with Gasteiger partial charge >= 0.3 is 0 Å². The van der Waals surface area contributed by atoms with Crippen molar-refractivity contribution in [3.63, 3.8) is 0 Å². The minimum absolute atomic E-state index is 0.191. The Hall–Kier alpha value is -3.22. The number of nitrogens with zero attached hydrogens (tertiary/aromatic N) is 4. The first-order valence-electron chi connectivity index (χ1n) is 10.0. The summed E-state index contributed by atoms with van der Waals surface area (Å²) in [6.07, 6.45) is 4.24. The fraction of sp³-hybridized carbons (Fsp3) is 0.348. The van der Waals surface area contributed by atoms with Crippen molar-refractivity contribution in [3.05, 3.63) is 70.1 Å². The van der Waals surface area contributed by atoms with Gasteiger partial charge in [0.05, 0.1) is 19.3 Å². The molecule has 1 aliphatic carbocycles.